The Hall–Kier alpha value is -1.46. The Bertz CT molecular complexity index is 566. The lowest BCUT2D eigenvalue weighted by Crippen LogP contribution is -2.43. The Morgan fingerprint density at radius 3 is 2.40 bits per heavy atom. The summed E-state index contributed by atoms with van der Waals surface area (Å²) in [6.45, 7) is 5.00. The van der Waals surface area contributed by atoms with Crippen molar-refractivity contribution in [2.24, 2.45) is 0 Å². The van der Waals surface area contributed by atoms with Crippen LogP contribution in [0.25, 0.3) is 11.1 Å². The normalized spacial score (nSPS) is 11.4. The molecule has 2 aromatic rings. The van der Waals surface area contributed by atoms with E-state index in [4.69, 9.17) is 0 Å². The van der Waals surface area contributed by atoms with Crippen molar-refractivity contribution < 1.29 is 0 Å². The molecule has 2 rings (SSSR count). The lowest BCUT2D eigenvalue weighted by atomic mass is 10.1. The topological polar surface area (TPSA) is 49.8 Å². The zero-order valence-corrected chi connectivity index (χ0v) is 13.5. The molecular formula is C15H19BrN4. The standard InChI is InChI=1S/C15H19BrN4/c1-15(2,17-3)10-20-14-18-8-11(9-19-14)12-6-4-5-7-13(12)16/h4-9,17H,10H2,1-3H3,(H,18,19,20). The molecule has 0 atom stereocenters. The molecule has 0 bridgehead atoms. The predicted octanol–water partition coefficient (Wildman–Crippen LogP) is 3.32. The number of hydrogen-bond donors (Lipinski definition) is 2. The lowest BCUT2D eigenvalue weighted by Gasteiger charge is -2.24. The van der Waals surface area contributed by atoms with Gasteiger partial charge in [0.25, 0.3) is 0 Å². The summed E-state index contributed by atoms with van der Waals surface area (Å²) in [7, 11) is 1.94. The molecule has 0 aliphatic rings. The molecule has 2 N–H and O–H groups in total. The van der Waals surface area contributed by atoms with E-state index in [1.54, 1.807) is 0 Å². The molecule has 0 unspecified atom stereocenters. The molecule has 0 aliphatic carbocycles. The van der Waals surface area contributed by atoms with Crippen molar-refractivity contribution in [3.63, 3.8) is 0 Å². The number of hydrogen-bond acceptors (Lipinski definition) is 4. The van der Waals surface area contributed by atoms with E-state index >= 15 is 0 Å². The minimum absolute atomic E-state index is 0.00445. The minimum atomic E-state index is 0.00445. The van der Waals surface area contributed by atoms with Crippen LogP contribution in [0.1, 0.15) is 13.8 Å². The van der Waals surface area contributed by atoms with Crippen molar-refractivity contribution in [3.8, 4) is 11.1 Å². The zero-order chi connectivity index (χ0) is 14.6. The summed E-state index contributed by atoms with van der Waals surface area (Å²) in [5, 5.41) is 6.46. The monoisotopic (exact) mass is 334 g/mol. The van der Waals surface area contributed by atoms with E-state index in [-0.39, 0.29) is 5.54 Å². The maximum atomic E-state index is 4.36. The number of nitrogens with zero attached hydrogens (tertiary/aromatic N) is 2. The average molecular weight is 335 g/mol. The second kappa shape index (κ2) is 6.33. The molecule has 4 nitrogen and oxygen atoms in total. The van der Waals surface area contributed by atoms with Crippen molar-refractivity contribution >= 4 is 21.9 Å². The Labute approximate surface area is 128 Å². The van der Waals surface area contributed by atoms with Gasteiger partial charge in [0, 0.05) is 34.5 Å². The Kier molecular flexibility index (Phi) is 4.73. The van der Waals surface area contributed by atoms with Crippen molar-refractivity contribution in [1.29, 1.82) is 0 Å². The van der Waals surface area contributed by atoms with Crippen LogP contribution in [0.3, 0.4) is 0 Å². The van der Waals surface area contributed by atoms with Gasteiger partial charge >= 0.3 is 0 Å². The summed E-state index contributed by atoms with van der Waals surface area (Å²) in [4.78, 5) is 8.73. The van der Waals surface area contributed by atoms with Gasteiger partial charge in [-0.25, -0.2) is 9.97 Å². The highest BCUT2D eigenvalue weighted by molar-refractivity contribution is 9.10. The summed E-state index contributed by atoms with van der Waals surface area (Å²) in [5.41, 5.74) is 2.09. The van der Waals surface area contributed by atoms with Crippen molar-refractivity contribution in [2.45, 2.75) is 19.4 Å². The average Bonchev–Trinajstić information content (AvgIpc) is 2.46. The third-order valence-corrected chi connectivity index (χ3v) is 3.89. The van der Waals surface area contributed by atoms with Gasteiger partial charge in [-0.05, 0) is 32.5 Å². The van der Waals surface area contributed by atoms with Crippen LogP contribution in [0.15, 0.2) is 41.1 Å². The maximum absolute atomic E-state index is 4.36. The molecule has 1 heterocycles. The molecular weight excluding hydrogens is 316 g/mol. The van der Waals surface area contributed by atoms with Gasteiger partial charge in [0.1, 0.15) is 0 Å². The first-order chi connectivity index (χ1) is 9.52. The molecule has 0 spiro atoms. The zero-order valence-electron chi connectivity index (χ0n) is 11.9. The molecule has 0 saturated heterocycles. The van der Waals surface area contributed by atoms with Crippen LogP contribution >= 0.6 is 15.9 Å². The highest BCUT2D eigenvalue weighted by Gasteiger charge is 2.14. The SMILES string of the molecule is CNC(C)(C)CNc1ncc(-c2ccccc2Br)cn1. The molecule has 0 amide bonds. The van der Waals surface area contributed by atoms with Gasteiger partial charge in [-0.15, -0.1) is 0 Å². The Morgan fingerprint density at radius 2 is 1.80 bits per heavy atom. The second-order valence-electron chi connectivity index (χ2n) is 5.26. The van der Waals surface area contributed by atoms with Gasteiger partial charge in [0.2, 0.25) is 5.95 Å². The van der Waals surface area contributed by atoms with Crippen LogP contribution in [0, 0.1) is 0 Å². The third kappa shape index (κ3) is 3.77. The number of aromatic nitrogens is 2. The minimum Gasteiger partial charge on any atom is -0.352 e. The molecule has 5 heteroatoms. The molecule has 0 aliphatic heterocycles. The van der Waals surface area contributed by atoms with Crippen molar-refractivity contribution in [1.82, 2.24) is 15.3 Å². The fourth-order valence-electron chi connectivity index (χ4n) is 1.64. The number of halogens is 1. The first-order valence-corrected chi connectivity index (χ1v) is 7.31. The maximum Gasteiger partial charge on any atom is 0.222 e. The number of rotatable bonds is 5. The number of benzene rings is 1. The second-order valence-corrected chi connectivity index (χ2v) is 6.12. The van der Waals surface area contributed by atoms with Crippen LogP contribution in [-0.2, 0) is 0 Å². The fraction of sp³-hybridized carbons (Fsp3) is 0.333. The largest absolute Gasteiger partial charge is 0.352 e. The first-order valence-electron chi connectivity index (χ1n) is 6.51. The van der Waals surface area contributed by atoms with Gasteiger partial charge in [-0.2, -0.15) is 0 Å². The van der Waals surface area contributed by atoms with Gasteiger partial charge in [0.05, 0.1) is 0 Å². The van der Waals surface area contributed by atoms with Crippen LogP contribution in [0.4, 0.5) is 5.95 Å². The third-order valence-electron chi connectivity index (χ3n) is 3.20. The van der Waals surface area contributed by atoms with E-state index in [0.29, 0.717) is 5.95 Å². The lowest BCUT2D eigenvalue weighted by molar-refractivity contribution is 0.447. The smallest absolute Gasteiger partial charge is 0.222 e. The molecule has 20 heavy (non-hydrogen) atoms. The molecule has 1 aromatic heterocycles. The quantitative estimate of drug-likeness (QED) is 0.880. The summed E-state index contributed by atoms with van der Waals surface area (Å²) in [6, 6.07) is 8.04. The van der Waals surface area contributed by atoms with E-state index in [2.05, 4.69) is 50.4 Å². The fourth-order valence-corrected chi connectivity index (χ4v) is 2.16. The van der Waals surface area contributed by atoms with E-state index < -0.39 is 0 Å². The van der Waals surface area contributed by atoms with Gasteiger partial charge in [0.15, 0.2) is 0 Å². The predicted molar refractivity (Wildman–Crippen MR) is 86.8 cm³/mol. The van der Waals surface area contributed by atoms with E-state index in [1.807, 2.05) is 43.7 Å². The van der Waals surface area contributed by atoms with E-state index in [1.165, 1.54) is 0 Å². The Morgan fingerprint density at radius 1 is 1.15 bits per heavy atom. The van der Waals surface area contributed by atoms with Crippen LogP contribution in [0.2, 0.25) is 0 Å². The number of likely N-dealkylation sites (N-methyl/N-ethyl adjacent to an activating group) is 1. The molecule has 1 aromatic carbocycles. The molecule has 0 saturated carbocycles. The van der Waals surface area contributed by atoms with Crippen LogP contribution in [-0.4, -0.2) is 29.1 Å². The highest BCUT2D eigenvalue weighted by Crippen LogP contribution is 2.26. The Balaban J connectivity index is 2.09. The summed E-state index contributed by atoms with van der Waals surface area (Å²) in [6.07, 6.45) is 3.67. The number of nitrogens with one attached hydrogen (secondary N) is 2. The van der Waals surface area contributed by atoms with Gasteiger partial charge in [-0.1, -0.05) is 34.1 Å². The highest BCUT2D eigenvalue weighted by atomic mass is 79.9. The molecule has 0 fully saturated rings. The molecule has 106 valence electrons. The van der Waals surface area contributed by atoms with E-state index in [0.717, 1.165) is 22.1 Å². The van der Waals surface area contributed by atoms with Crippen LogP contribution in [0.5, 0.6) is 0 Å². The van der Waals surface area contributed by atoms with Gasteiger partial charge < -0.3 is 10.6 Å². The van der Waals surface area contributed by atoms with Crippen molar-refractivity contribution in [2.75, 3.05) is 18.9 Å². The van der Waals surface area contributed by atoms with Crippen LogP contribution < -0.4 is 10.6 Å². The van der Waals surface area contributed by atoms with Gasteiger partial charge in [-0.3, -0.25) is 0 Å². The summed E-state index contributed by atoms with van der Waals surface area (Å²) in [5.74, 6) is 0.643. The summed E-state index contributed by atoms with van der Waals surface area (Å²) < 4.78 is 1.04. The number of anilines is 1. The van der Waals surface area contributed by atoms with Crippen molar-refractivity contribution in [3.05, 3.63) is 41.1 Å². The van der Waals surface area contributed by atoms with E-state index in [9.17, 15) is 0 Å². The summed E-state index contributed by atoms with van der Waals surface area (Å²) >= 11 is 3.54. The molecule has 0 radical (unpaired) electrons. The first kappa shape index (κ1) is 14.9.